The maximum Gasteiger partial charge on any atom is 0.224 e. The van der Waals surface area contributed by atoms with Gasteiger partial charge in [-0.1, -0.05) is 27.7 Å². The second kappa shape index (κ2) is 6.70. The van der Waals surface area contributed by atoms with Crippen molar-refractivity contribution in [3.8, 4) is 0 Å². The molecule has 0 aliphatic heterocycles. The third kappa shape index (κ3) is 5.61. The molecule has 1 N–H and O–H groups in total. The summed E-state index contributed by atoms with van der Waals surface area (Å²) in [4.78, 5) is 12.0. The Hall–Kier alpha value is -0.900. The summed E-state index contributed by atoms with van der Waals surface area (Å²) in [6.45, 7) is 10.4. The van der Waals surface area contributed by atoms with Crippen LogP contribution >= 0.6 is 15.9 Å². The maximum absolute atomic E-state index is 13.5. The van der Waals surface area contributed by atoms with Gasteiger partial charge in [0, 0.05) is 12.1 Å². The van der Waals surface area contributed by atoms with E-state index in [0.29, 0.717) is 22.5 Å². The molecule has 112 valence electrons. The molecule has 0 saturated carbocycles. The van der Waals surface area contributed by atoms with E-state index in [1.165, 1.54) is 6.07 Å². The highest BCUT2D eigenvalue weighted by Gasteiger charge is 2.18. The van der Waals surface area contributed by atoms with E-state index in [4.69, 9.17) is 0 Å². The molecule has 0 aromatic heterocycles. The molecule has 1 rings (SSSR count). The van der Waals surface area contributed by atoms with Crippen molar-refractivity contribution >= 4 is 27.5 Å². The van der Waals surface area contributed by atoms with Crippen LogP contribution in [0.5, 0.6) is 0 Å². The van der Waals surface area contributed by atoms with Crippen LogP contribution < -0.4 is 5.32 Å². The number of carbonyl (C=O) groups is 1. The van der Waals surface area contributed by atoms with Gasteiger partial charge in [-0.2, -0.15) is 0 Å². The zero-order valence-electron chi connectivity index (χ0n) is 12.8. The number of rotatable bonds is 4. The number of anilines is 1. The summed E-state index contributed by atoms with van der Waals surface area (Å²) in [5.41, 5.74) is 1.59. The molecule has 0 saturated heterocycles. The fraction of sp³-hybridized carbons (Fsp3) is 0.562. The molecule has 0 bridgehead atoms. The van der Waals surface area contributed by atoms with Gasteiger partial charge in [0.05, 0.1) is 4.47 Å². The average molecular weight is 344 g/mol. The van der Waals surface area contributed by atoms with Crippen molar-refractivity contribution in [1.82, 2.24) is 0 Å². The summed E-state index contributed by atoms with van der Waals surface area (Å²) in [7, 11) is 0. The predicted octanol–water partition coefficient (Wildman–Crippen LogP) is 5.30. The summed E-state index contributed by atoms with van der Waals surface area (Å²) in [5.74, 6) is -0.129. The van der Waals surface area contributed by atoms with E-state index in [9.17, 15) is 9.18 Å². The van der Waals surface area contributed by atoms with E-state index in [1.54, 1.807) is 6.07 Å². The van der Waals surface area contributed by atoms with Gasteiger partial charge >= 0.3 is 0 Å². The largest absolute Gasteiger partial charge is 0.326 e. The van der Waals surface area contributed by atoms with Crippen LogP contribution in [-0.4, -0.2) is 5.91 Å². The molecule has 20 heavy (non-hydrogen) atoms. The molecule has 0 heterocycles. The van der Waals surface area contributed by atoms with Crippen molar-refractivity contribution in [3.63, 3.8) is 0 Å². The minimum Gasteiger partial charge on any atom is -0.326 e. The number of aryl methyl sites for hydroxylation is 1. The summed E-state index contributed by atoms with van der Waals surface area (Å²) in [5, 5.41) is 2.80. The van der Waals surface area contributed by atoms with Crippen LogP contribution in [0.15, 0.2) is 16.6 Å². The lowest BCUT2D eigenvalue weighted by atomic mass is 9.84. The third-order valence-electron chi connectivity index (χ3n) is 3.04. The number of carbonyl (C=O) groups excluding carboxylic acids is 1. The highest BCUT2D eigenvalue weighted by Crippen LogP contribution is 2.27. The molecule has 1 amide bonds. The highest BCUT2D eigenvalue weighted by molar-refractivity contribution is 9.10. The number of amides is 1. The number of hydrogen-bond acceptors (Lipinski definition) is 1. The monoisotopic (exact) mass is 343 g/mol. The molecule has 1 aromatic carbocycles. The van der Waals surface area contributed by atoms with Gasteiger partial charge in [0.1, 0.15) is 5.82 Å². The summed E-state index contributed by atoms with van der Waals surface area (Å²) in [6.07, 6.45) is 1.43. The standard InChI is InChI=1S/C16H23BrFNO/c1-10(9-16(3,4)5)6-15(20)19-14-8-13(18)12(17)7-11(14)2/h7-8,10H,6,9H2,1-5H3,(H,19,20). The van der Waals surface area contributed by atoms with Crippen LogP contribution in [0, 0.1) is 24.1 Å². The lowest BCUT2D eigenvalue weighted by Gasteiger charge is -2.23. The van der Waals surface area contributed by atoms with Crippen LogP contribution in [0.2, 0.25) is 0 Å². The smallest absolute Gasteiger partial charge is 0.224 e. The Kier molecular flexibility index (Phi) is 5.75. The quantitative estimate of drug-likeness (QED) is 0.789. The van der Waals surface area contributed by atoms with Gasteiger partial charge in [0.15, 0.2) is 0 Å². The van der Waals surface area contributed by atoms with Gasteiger partial charge in [-0.3, -0.25) is 4.79 Å². The van der Waals surface area contributed by atoms with Crippen LogP contribution in [0.3, 0.4) is 0 Å². The number of halogens is 2. The second-order valence-electron chi connectivity index (χ2n) is 6.70. The van der Waals surface area contributed by atoms with E-state index >= 15 is 0 Å². The first-order chi connectivity index (χ1) is 9.08. The van der Waals surface area contributed by atoms with E-state index in [0.717, 1.165) is 12.0 Å². The minimum atomic E-state index is -0.367. The average Bonchev–Trinajstić information content (AvgIpc) is 2.22. The third-order valence-corrected chi connectivity index (χ3v) is 3.64. The van der Waals surface area contributed by atoms with Gasteiger partial charge in [-0.25, -0.2) is 4.39 Å². The lowest BCUT2D eigenvalue weighted by Crippen LogP contribution is -2.19. The summed E-state index contributed by atoms with van der Waals surface area (Å²) >= 11 is 3.13. The molecular formula is C16H23BrFNO. The van der Waals surface area contributed by atoms with Crippen molar-refractivity contribution in [3.05, 3.63) is 28.0 Å². The Morgan fingerprint density at radius 3 is 2.55 bits per heavy atom. The SMILES string of the molecule is Cc1cc(Br)c(F)cc1NC(=O)CC(C)CC(C)(C)C. The molecule has 0 fully saturated rings. The van der Waals surface area contributed by atoms with Crippen LogP contribution in [0.1, 0.15) is 46.1 Å². The zero-order chi connectivity index (χ0) is 15.5. The van der Waals surface area contributed by atoms with Crippen molar-refractivity contribution in [2.75, 3.05) is 5.32 Å². The fourth-order valence-electron chi connectivity index (χ4n) is 2.42. The Morgan fingerprint density at radius 2 is 2.00 bits per heavy atom. The van der Waals surface area contributed by atoms with Gasteiger partial charge in [-0.05, 0) is 58.3 Å². The predicted molar refractivity (Wildman–Crippen MR) is 85.3 cm³/mol. The second-order valence-corrected chi connectivity index (χ2v) is 7.56. The maximum atomic E-state index is 13.5. The number of nitrogens with one attached hydrogen (secondary N) is 1. The fourth-order valence-corrected chi connectivity index (χ4v) is 2.87. The Balaban J connectivity index is 2.65. The highest BCUT2D eigenvalue weighted by atomic mass is 79.9. The first kappa shape index (κ1) is 17.2. The first-order valence-electron chi connectivity index (χ1n) is 6.84. The van der Waals surface area contributed by atoms with Gasteiger partial charge in [0.25, 0.3) is 0 Å². The van der Waals surface area contributed by atoms with E-state index in [2.05, 4.69) is 48.9 Å². The Labute approximate surface area is 129 Å². The van der Waals surface area contributed by atoms with Crippen molar-refractivity contribution < 1.29 is 9.18 Å². The van der Waals surface area contributed by atoms with Gasteiger partial charge < -0.3 is 5.32 Å². The molecule has 0 aliphatic carbocycles. The number of benzene rings is 1. The Morgan fingerprint density at radius 1 is 1.40 bits per heavy atom. The van der Waals surface area contributed by atoms with Crippen molar-refractivity contribution in [2.45, 2.75) is 47.5 Å². The van der Waals surface area contributed by atoms with Crippen molar-refractivity contribution in [2.24, 2.45) is 11.3 Å². The first-order valence-corrected chi connectivity index (χ1v) is 7.63. The molecule has 1 unspecified atom stereocenters. The van der Waals surface area contributed by atoms with E-state index in [-0.39, 0.29) is 17.1 Å². The zero-order valence-corrected chi connectivity index (χ0v) is 14.4. The van der Waals surface area contributed by atoms with Crippen molar-refractivity contribution in [1.29, 1.82) is 0 Å². The van der Waals surface area contributed by atoms with Crippen LogP contribution in [-0.2, 0) is 4.79 Å². The van der Waals surface area contributed by atoms with Crippen LogP contribution in [0.25, 0.3) is 0 Å². The normalized spacial score (nSPS) is 13.2. The molecule has 0 aliphatic rings. The molecule has 1 aromatic rings. The van der Waals surface area contributed by atoms with Gasteiger partial charge in [-0.15, -0.1) is 0 Å². The van der Waals surface area contributed by atoms with Gasteiger partial charge in [0.2, 0.25) is 5.91 Å². The summed E-state index contributed by atoms with van der Waals surface area (Å²) in [6, 6.07) is 3.02. The molecule has 4 heteroatoms. The van der Waals surface area contributed by atoms with E-state index < -0.39 is 0 Å². The summed E-state index contributed by atoms with van der Waals surface area (Å²) < 4.78 is 13.9. The topological polar surface area (TPSA) is 29.1 Å². The molecule has 2 nitrogen and oxygen atoms in total. The Bertz CT molecular complexity index is 494. The minimum absolute atomic E-state index is 0.0634. The molecule has 0 spiro atoms. The molecular weight excluding hydrogens is 321 g/mol. The van der Waals surface area contributed by atoms with E-state index in [1.807, 2.05) is 6.92 Å². The molecule has 0 radical (unpaired) electrons. The molecule has 1 atom stereocenters. The number of hydrogen-bond donors (Lipinski definition) is 1. The van der Waals surface area contributed by atoms with Crippen LogP contribution in [0.4, 0.5) is 10.1 Å². The lowest BCUT2D eigenvalue weighted by molar-refractivity contribution is -0.117.